The van der Waals surface area contributed by atoms with E-state index >= 15 is 0 Å². The molecule has 156 valence electrons. The minimum absolute atomic E-state index is 0.0402. The number of carbonyl (C=O) groups excluding carboxylic acids is 2. The van der Waals surface area contributed by atoms with Crippen LogP contribution in [0.4, 0.5) is 5.69 Å². The highest BCUT2D eigenvalue weighted by molar-refractivity contribution is 6.30. The van der Waals surface area contributed by atoms with Crippen molar-refractivity contribution in [2.45, 2.75) is 38.7 Å². The lowest BCUT2D eigenvalue weighted by atomic mass is 9.86. The number of nitrogens with one attached hydrogen (secondary N) is 2. The first-order chi connectivity index (χ1) is 14.5. The lowest BCUT2D eigenvalue weighted by molar-refractivity contribution is -0.121. The number of nitriles is 1. The maximum atomic E-state index is 12.6. The van der Waals surface area contributed by atoms with Gasteiger partial charge < -0.3 is 15.4 Å². The minimum atomic E-state index is -0.136. The molecule has 1 saturated carbocycles. The largest absolute Gasteiger partial charge is 0.473 e. The molecule has 0 aliphatic heterocycles. The van der Waals surface area contributed by atoms with E-state index in [9.17, 15) is 14.9 Å². The third-order valence-corrected chi connectivity index (χ3v) is 5.22. The SMILES string of the molecule is CCNC(=O)c1ccc(NC(=O)C2CCC(Oc3ncc(Cl)cc3C#N)CC2)cc1. The van der Waals surface area contributed by atoms with Gasteiger partial charge in [0.25, 0.3) is 5.91 Å². The Morgan fingerprint density at radius 1 is 1.23 bits per heavy atom. The minimum Gasteiger partial charge on any atom is -0.473 e. The van der Waals surface area contributed by atoms with Crippen LogP contribution in [0.5, 0.6) is 5.88 Å². The van der Waals surface area contributed by atoms with Gasteiger partial charge in [0.2, 0.25) is 11.8 Å². The fraction of sp³-hybridized carbons (Fsp3) is 0.364. The van der Waals surface area contributed by atoms with Gasteiger partial charge in [0.05, 0.1) is 5.02 Å². The molecule has 0 radical (unpaired) electrons. The molecule has 1 fully saturated rings. The van der Waals surface area contributed by atoms with Gasteiger partial charge in [0.15, 0.2) is 0 Å². The lowest BCUT2D eigenvalue weighted by Crippen LogP contribution is -2.31. The smallest absolute Gasteiger partial charge is 0.251 e. The first-order valence-electron chi connectivity index (χ1n) is 9.91. The molecule has 7 nitrogen and oxygen atoms in total. The van der Waals surface area contributed by atoms with Crippen LogP contribution in [0.1, 0.15) is 48.5 Å². The molecule has 0 unspecified atom stereocenters. The lowest BCUT2D eigenvalue weighted by Gasteiger charge is -2.28. The third-order valence-electron chi connectivity index (χ3n) is 5.01. The maximum absolute atomic E-state index is 12.6. The van der Waals surface area contributed by atoms with Gasteiger partial charge in [-0.2, -0.15) is 5.26 Å². The monoisotopic (exact) mass is 426 g/mol. The summed E-state index contributed by atoms with van der Waals surface area (Å²) in [6.45, 7) is 2.43. The van der Waals surface area contributed by atoms with Gasteiger partial charge in [-0.25, -0.2) is 4.98 Å². The highest BCUT2D eigenvalue weighted by atomic mass is 35.5. The van der Waals surface area contributed by atoms with Gasteiger partial charge in [-0.1, -0.05) is 11.6 Å². The zero-order valence-corrected chi connectivity index (χ0v) is 17.4. The predicted molar refractivity (Wildman–Crippen MR) is 113 cm³/mol. The Balaban J connectivity index is 1.51. The van der Waals surface area contributed by atoms with Crippen molar-refractivity contribution in [3.63, 3.8) is 0 Å². The fourth-order valence-corrected chi connectivity index (χ4v) is 3.57. The molecule has 0 atom stereocenters. The Morgan fingerprint density at radius 3 is 2.57 bits per heavy atom. The van der Waals surface area contributed by atoms with Crippen molar-refractivity contribution in [3.8, 4) is 11.9 Å². The molecule has 1 heterocycles. The van der Waals surface area contributed by atoms with E-state index in [0.29, 0.717) is 54.1 Å². The molecule has 30 heavy (non-hydrogen) atoms. The maximum Gasteiger partial charge on any atom is 0.251 e. The predicted octanol–water partition coefficient (Wildman–Crippen LogP) is 3.93. The fourth-order valence-electron chi connectivity index (χ4n) is 3.41. The van der Waals surface area contributed by atoms with Gasteiger partial charge in [-0.05, 0) is 62.9 Å². The van der Waals surface area contributed by atoms with Crippen molar-refractivity contribution in [2.24, 2.45) is 5.92 Å². The molecule has 3 rings (SSSR count). The molecule has 0 spiro atoms. The second-order valence-electron chi connectivity index (χ2n) is 7.14. The van der Waals surface area contributed by atoms with E-state index in [-0.39, 0.29) is 29.7 Å². The summed E-state index contributed by atoms with van der Waals surface area (Å²) in [4.78, 5) is 28.5. The van der Waals surface area contributed by atoms with E-state index in [1.54, 1.807) is 24.3 Å². The first kappa shape index (κ1) is 21.6. The van der Waals surface area contributed by atoms with Crippen LogP contribution < -0.4 is 15.4 Å². The summed E-state index contributed by atoms with van der Waals surface area (Å²) in [5, 5.41) is 15.2. The summed E-state index contributed by atoms with van der Waals surface area (Å²) >= 11 is 5.86. The molecule has 1 aliphatic carbocycles. The second-order valence-corrected chi connectivity index (χ2v) is 7.57. The molecule has 0 saturated heterocycles. The van der Waals surface area contributed by atoms with Gasteiger partial charge in [-0.15, -0.1) is 0 Å². The van der Waals surface area contributed by atoms with Gasteiger partial charge >= 0.3 is 0 Å². The number of hydrogen-bond acceptors (Lipinski definition) is 5. The first-order valence-corrected chi connectivity index (χ1v) is 10.3. The average molecular weight is 427 g/mol. The number of ether oxygens (including phenoxy) is 1. The molecule has 8 heteroatoms. The summed E-state index contributed by atoms with van der Waals surface area (Å²) in [6, 6.07) is 10.4. The number of aromatic nitrogens is 1. The quantitative estimate of drug-likeness (QED) is 0.728. The summed E-state index contributed by atoms with van der Waals surface area (Å²) in [5.74, 6) is -0.00601. The zero-order chi connectivity index (χ0) is 21.5. The van der Waals surface area contributed by atoms with Crippen LogP contribution in [-0.2, 0) is 4.79 Å². The molecule has 1 aromatic carbocycles. The molecular weight excluding hydrogens is 404 g/mol. The Bertz CT molecular complexity index is 948. The molecule has 0 bridgehead atoms. The zero-order valence-electron chi connectivity index (χ0n) is 16.7. The highest BCUT2D eigenvalue weighted by Gasteiger charge is 2.28. The summed E-state index contributed by atoms with van der Waals surface area (Å²) in [6.07, 6.45) is 4.12. The van der Waals surface area contributed by atoms with E-state index in [4.69, 9.17) is 16.3 Å². The number of amides is 2. The van der Waals surface area contributed by atoms with Gasteiger partial charge in [0.1, 0.15) is 17.7 Å². The number of pyridine rings is 1. The van der Waals surface area contributed by atoms with Crippen LogP contribution in [0.25, 0.3) is 0 Å². The van der Waals surface area contributed by atoms with Crippen molar-refractivity contribution in [2.75, 3.05) is 11.9 Å². The van der Waals surface area contributed by atoms with E-state index in [2.05, 4.69) is 15.6 Å². The normalized spacial score (nSPS) is 18.2. The number of rotatable bonds is 6. The van der Waals surface area contributed by atoms with Crippen LogP contribution in [0.2, 0.25) is 5.02 Å². The van der Waals surface area contributed by atoms with Crippen LogP contribution in [0, 0.1) is 17.2 Å². The van der Waals surface area contributed by atoms with Crippen LogP contribution in [0.15, 0.2) is 36.5 Å². The number of anilines is 1. The molecular formula is C22H23ClN4O3. The molecule has 1 aliphatic rings. The van der Waals surface area contributed by atoms with Crippen LogP contribution in [0.3, 0.4) is 0 Å². The van der Waals surface area contributed by atoms with Crippen molar-refractivity contribution in [1.82, 2.24) is 10.3 Å². The van der Waals surface area contributed by atoms with Crippen molar-refractivity contribution in [1.29, 1.82) is 5.26 Å². The van der Waals surface area contributed by atoms with E-state index in [1.165, 1.54) is 12.3 Å². The van der Waals surface area contributed by atoms with Crippen LogP contribution >= 0.6 is 11.6 Å². The van der Waals surface area contributed by atoms with Gasteiger partial charge in [0, 0.05) is 29.9 Å². The van der Waals surface area contributed by atoms with Crippen molar-refractivity contribution >= 4 is 29.1 Å². The Morgan fingerprint density at radius 2 is 1.93 bits per heavy atom. The molecule has 2 amide bonds. The van der Waals surface area contributed by atoms with Crippen molar-refractivity contribution < 1.29 is 14.3 Å². The number of halogens is 1. The average Bonchev–Trinajstić information content (AvgIpc) is 2.76. The number of benzene rings is 1. The van der Waals surface area contributed by atoms with Gasteiger partial charge in [-0.3, -0.25) is 9.59 Å². The summed E-state index contributed by atoms with van der Waals surface area (Å²) in [5.41, 5.74) is 1.52. The molecule has 2 N–H and O–H groups in total. The topological polar surface area (TPSA) is 104 Å². The summed E-state index contributed by atoms with van der Waals surface area (Å²) < 4.78 is 5.87. The second kappa shape index (κ2) is 10.1. The number of nitrogens with zero attached hydrogens (tertiary/aromatic N) is 2. The Hall–Kier alpha value is -3.11. The molecule has 2 aromatic rings. The number of hydrogen-bond donors (Lipinski definition) is 2. The third kappa shape index (κ3) is 5.49. The van der Waals surface area contributed by atoms with E-state index < -0.39 is 0 Å². The van der Waals surface area contributed by atoms with E-state index in [1.807, 2.05) is 13.0 Å². The highest BCUT2D eigenvalue weighted by Crippen LogP contribution is 2.29. The molecule has 1 aromatic heterocycles. The Kier molecular flexibility index (Phi) is 7.26. The summed E-state index contributed by atoms with van der Waals surface area (Å²) in [7, 11) is 0. The number of carbonyl (C=O) groups is 2. The van der Waals surface area contributed by atoms with Crippen molar-refractivity contribution in [3.05, 3.63) is 52.7 Å². The standard InChI is InChI=1S/C22H23ClN4O3/c1-2-25-20(28)14-3-7-18(8-4-14)27-21(29)15-5-9-19(10-6-15)30-22-16(12-24)11-17(23)13-26-22/h3-4,7-8,11,13,15,19H,2,5-6,9-10H2,1H3,(H,25,28)(H,27,29). The van der Waals surface area contributed by atoms with Crippen LogP contribution in [-0.4, -0.2) is 29.4 Å². The van der Waals surface area contributed by atoms with E-state index in [0.717, 1.165) is 0 Å². The Labute approximate surface area is 180 Å².